The lowest BCUT2D eigenvalue weighted by atomic mass is 10.0. The van der Waals surface area contributed by atoms with E-state index in [1.807, 2.05) is 0 Å². The van der Waals surface area contributed by atoms with E-state index in [4.69, 9.17) is 37.0 Å². The molecule has 0 aromatic rings. The van der Waals surface area contributed by atoms with Gasteiger partial charge in [-0.1, -0.05) is 323 Å². The number of carbonyl (C=O) groups is 4. The van der Waals surface area contributed by atoms with Crippen molar-refractivity contribution < 1.29 is 80.2 Å². The number of hydrogen-bond acceptors (Lipinski definition) is 15. The summed E-state index contributed by atoms with van der Waals surface area (Å²) < 4.78 is 68.8. The Morgan fingerprint density at radius 3 is 0.759 bits per heavy atom. The van der Waals surface area contributed by atoms with Gasteiger partial charge in [0.1, 0.15) is 19.3 Å². The highest BCUT2D eigenvalue weighted by atomic mass is 31.2. The van der Waals surface area contributed by atoms with Crippen LogP contribution in [0.5, 0.6) is 0 Å². The summed E-state index contributed by atoms with van der Waals surface area (Å²) in [5.74, 6) is -2.20. The number of aliphatic hydroxyl groups excluding tert-OH is 1. The molecule has 624 valence electrons. The van der Waals surface area contributed by atoms with Crippen LogP contribution >= 0.6 is 15.6 Å². The number of hydrogen-bond donors (Lipinski definition) is 3. The van der Waals surface area contributed by atoms with Crippen LogP contribution in [-0.2, 0) is 65.4 Å². The molecule has 0 aliphatic carbocycles. The van der Waals surface area contributed by atoms with Crippen molar-refractivity contribution in [1.29, 1.82) is 0 Å². The maximum atomic E-state index is 13.1. The molecule has 0 aromatic carbocycles. The van der Waals surface area contributed by atoms with Crippen molar-refractivity contribution in [3.63, 3.8) is 0 Å². The number of unbranched alkanes of at least 4 members (excludes halogenated alkanes) is 37. The molecule has 0 fully saturated rings. The van der Waals surface area contributed by atoms with Gasteiger partial charge in [-0.3, -0.25) is 37.3 Å². The molecule has 0 rings (SSSR count). The van der Waals surface area contributed by atoms with Crippen LogP contribution in [0.25, 0.3) is 0 Å². The van der Waals surface area contributed by atoms with Crippen molar-refractivity contribution in [3.8, 4) is 0 Å². The molecule has 0 aliphatic rings. The lowest BCUT2D eigenvalue weighted by Crippen LogP contribution is -2.30. The van der Waals surface area contributed by atoms with E-state index in [2.05, 4.69) is 137 Å². The number of aliphatic hydroxyl groups is 1. The molecule has 0 radical (unpaired) electrons. The highest BCUT2D eigenvalue weighted by molar-refractivity contribution is 7.47. The third kappa shape index (κ3) is 79.8. The molecular weight excluding hydrogens is 1400 g/mol. The lowest BCUT2D eigenvalue weighted by molar-refractivity contribution is -0.161. The number of carbonyl (C=O) groups excluding carboxylic acids is 4. The molecule has 0 bridgehead atoms. The molecule has 108 heavy (non-hydrogen) atoms. The van der Waals surface area contributed by atoms with E-state index >= 15 is 0 Å². The number of phosphoric acid groups is 2. The summed E-state index contributed by atoms with van der Waals surface area (Å²) in [7, 11) is -9.97. The topological polar surface area (TPSA) is 237 Å². The van der Waals surface area contributed by atoms with Crippen LogP contribution in [0.2, 0.25) is 0 Å². The summed E-state index contributed by atoms with van der Waals surface area (Å²) in [5, 5.41) is 10.7. The first-order chi connectivity index (χ1) is 52.7. The normalized spacial score (nSPS) is 14.3. The van der Waals surface area contributed by atoms with Gasteiger partial charge in [0.25, 0.3) is 0 Å². The predicted molar refractivity (Wildman–Crippen MR) is 445 cm³/mol. The first-order valence-corrected chi connectivity index (χ1v) is 46.1. The zero-order valence-corrected chi connectivity index (χ0v) is 70.3. The molecule has 5 atom stereocenters. The first kappa shape index (κ1) is 104. The van der Waals surface area contributed by atoms with Gasteiger partial charge in [-0.25, -0.2) is 9.13 Å². The molecular formula is C89H156O17P2. The Bertz CT molecular complexity index is 2470. The zero-order valence-electron chi connectivity index (χ0n) is 68.5. The smallest absolute Gasteiger partial charge is 0.462 e. The Hall–Kier alpha value is -4.28. The molecule has 17 nitrogen and oxygen atoms in total. The van der Waals surface area contributed by atoms with Crippen LogP contribution < -0.4 is 0 Å². The van der Waals surface area contributed by atoms with Crippen molar-refractivity contribution in [2.75, 3.05) is 39.6 Å². The van der Waals surface area contributed by atoms with Crippen LogP contribution in [0.15, 0.2) is 109 Å². The van der Waals surface area contributed by atoms with Gasteiger partial charge in [0.2, 0.25) is 0 Å². The van der Waals surface area contributed by atoms with Crippen molar-refractivity contribution in [3.05, 3.63) is 109 Å². The van der Waals surface area contributed by atoms with Gasteiger partial charge in [-0.05, 0) is 135 Å². The second-order valence-electron chi connectivity index (χ2n) is 28.7. The largest absolute Gasteiger partial charge is 0.472 e. The minimum Gasteiger partial charge on any atom is -0.462 e. The second-order valence-corrected chi connectivity index (χ2v) is 31.7. The lowest BCUT2D eigenvalue weighted by Gasteiger charge is -2.21. The zero-order chi connectivity index (χ0) is 78.9. The number of ether oxygens (including phenoxy) is 4. The Morgan fingerprint density at radius 2 is 0.481 bits per heavy atom. The van der Waals surface area contributed by atoms with E-state index in [1.54, 1.807) is 0 Å². The minimum absolute atomic E-state index is 0.0768. The monoisotopic (exact) mass is 1560 g/mol. The van der Waals surface area contributed by atoms with Crippen LogP contribution in [0.3, 0.4) is 0 Å². The van der Waals surface area contributed by atoms with E-state index in [0.717, 1.165) is 193 Å². The van der Waals surface area contributed by atoms with E-state index < -0.39 is 97.5 Å². The Balaban J connectivity index is 5.39. The summed E-state index contributed by atoms with van der Waals surface area (Å²) in [6.07, 6.45) is 88.9. The first-order valence-electron chi connectivity index (χ1n) is 43.1. The molecule has 0 aromatic heterocycles. The van der Waals surface area contributed by atoms with Gasteiger partial charge in [0.15, 0.2) is 12.2 Å². The fourth-order valence-electron chi connectivity index (χ4n) is 11.7. The van der Waals surface area contributed by atoms with Crippen LogP contribution in [0.4, 0.5) is 0 Å². The molecule has 0 saturated carbocycles. The van der Waals surface area contributed by atoms with Gasteiger partial charge >= 0.3 is 39.5 Å². The standard InChI is InChI=1S/C89H156O17P2/c1-5-9-13-17-21-25-29-33-37-39-41-43-47-50-54-58-62-66-70-74-87(92)100-80-85(106-89(94)76-72-68-64-60-56-52-48-44-42-40-38-34-30-26-22-18-14-10-6-2)82-104-108(97,98)102-78-83(90)77-101-107(95,96)103-81-84(105-88(93)75-71-67-63-59-55-51-46-36-32-28-24-20-16-12-8-4)79-99-86(91)73-69-65-61-57-53-49-45-35-31-27-23-19-15-11-7-3/h11,15,21-23,25-27,33-35,37-38,41-45,83-85,90H,5-10,12-14,16-20,24,28-32,36,39-40,46-82H2,1-4H3,(H,95,96)(H,97,98)/b15-11-,25-21-,26-22-,27-23-,37-33-,38-34-,43-41-,44-42-,45-35-. The van der Waals surface area contributed by atoms with Gasteiger partial charge < -0.3 is 33.8 Å². The van der Waals surface area contributed by atoms with E-state index in [1.165, 1.54) is 103 Å². The van der Waals surface area contributed by atoms with Gasteiger partial charge in [-0.2, -0.15) is 0 Å². The summed E-state index contributed by atoms with van der Waals surface area (Å²) >= 11 is 0. The molecule has 0 aliphatic heterocycles. The number of rotatable bonds is 81. The van der Waals surface area contributed by atoms with Gasteiger partial charge in [-0.15, -0.1) is 0 Å². The average molecular weight is 1560 g/mol. The predicted octanol–water partition coefficient (Wildman–Crippen LogP) is 25.7. The van der Waals surface area contributed by atoms with E-state index in [9.17, 15) is 43.2 Å². The second kappa shape index (κ2) is 80.8. The highest BCUT2D eigenvalue weighted by Crippen LogP contribution is 2.45. The molecule has 19 heteroatoms. The quantitative estimate of drug-likeness (QED) is 0.0169. The maximum Gasteiger partial charge on any atom is 0.472 e. The Labute approximate surface area is 658 Å². The van der Waals surface area contributed by atoms with Crippen LogP contribution in [0, 0.1) is 0 Å². The van der Waals surface area contributed by atoms with Crippen molar-refractivity contribution in [1.82, 2.24) is 0 Å². The molecule has 5 unspecified atom stereocenters. The molecule has 0 heterocycles. The van der Waals surface area contributed by atoms with Crippen molar-refractivity contribution in [2.24, 2.45) is 0 Å². The van der Waals surface area contributed by atoms with Gasteiger partial charge in [0.05, 0.1) is 26.4 Å². The van der Waals surface area contributed by atoms with Crippen molar-refractivity contribution in [2.45, 2.75) is 393 Å². The average Bonchev–Trinajstić information content (AvgIpc) is 0.899. The molecule has 0 amide bonds. The van der Waals surface area contributed by atoms with Crippen LogP contribution in [0.1, 0.15) is 374 Å². The summed E-state index contributed by atoms with van der Waals surface area (Å²) in [6, 6.07) is 0. The molecule has 3 N–H and O–H groups in total. The summed E-state index contributed by atoms with van der Waals surface area (Å²) in [5.41, 5.74) is 0. The fraction of sp³-hybridized carbons (Fsp3) is 0.753. The third-order valence-electron chi connectivity index (χ3n) is 18.2. The fourth-order valence-corrected chi connectivity index (χ4v) is 13.2. The van der Waals surface area contributed by atoms with Crippen molar-refractivity contribution >= 4 is 39.5 Å². The number of allylic oxidation sites excluding steroid dienone is 18. The number of esters is 4. The maximum absolute atomic E-state index is 13.1. The summed E-state index contributed by atoms with van der Waals surface area (Å²) in [4.78, 5) is 73.3. The molecule has 0 saturated heterocycles. The SMILES string of the molecule is CC/C=C\C/C=C\C/C=C\CCCCCCCC(=O)OCC(COP(=O)(O)OCC(O)COP(=O)(O)OCC(COC(=O)CCCCCCCC/C=C\C/C=C\C/C=C\CCCCC)OC(=O)CCCCCCCC/C=C\C/C=C\C/C=C\CCCCC)OC(=O)CCCCCCCCCCCCCCCCC. The highest BCUT2D eigenvalue weighted by Gasteiger charge is 2.30. The minimum atomic E-state index is -4.99. The Kier molecular flexibility index (Phi) is 77.6. The Morgan fingerprint density at radius 1 is 0.269 bits per heavy atom. The number of phosphoric ester groups is 2. The van der Waals surface area contributed by atoms with E-state index in [-0.39, 0.29) is 25.7 Å². The van der Waals surface area contributed by atoms with Gasteiger partial charge in [0, 0.05) is 25.7 Å². The van der Waals surface area contributed by atoms with Crippen LogP contribution in [-0.4, -0.2) is 96.7 Å². The summed E-state index contributed by atoms with van der Waals surface area (Å²) in [6.45, 7) is 4.73. The third-order valence-corrected chi connectivity index (χ3v) is 20.1. The molecule has 0 spiro atoms. The van der Waals surface area contributed by atoms with E-state index in [0.29, 0.717) is 25.7 Å².